The molecule has 0 spiro atoms. The molecule has 0 saturated heterocycles. The molecule has 0 saturated carbocycles. The number of allylic oxidation sites excluding steroid dienone is 1. The Hall–Kier alpha value is -1.65. The Morgan fingerprint density at radius 2 is 2.38 bits per heavy atom. The molecular weight excluding hydrogens is 170 g/mol. The maximum atomic E-state index is 10.3. The smallest absolute Gasteiger partial charge is 0.358 e. The second-order valence-electron chi connectivity index (χ2n) is 3.25. The Morgan fingerprint density at radius 3 is 2.77 bits per heavy atom. The van der Waals surface area contributed by atoms with Crippen LogP contribution in [-0.2, 0) is 5.54 Å². The van der Waals surface area contributed by atoms with Crippen molar-refractivity contribution < 1.29 is 4.92 Å². The van der Waals surface area contributed by atoms with Crippen LogP contribution in [0.5, 0.6) is 0 Å². The third-order valence-electron chi connectivity index (χ3n) is 1.92. The molecule has 0 amide bonds. The van der Waals surface area contributed by atoms with Crippen molar-refractivity contribution in [3.63, 3.8) is 0 Å². The molecule has 1 aromatic rings. The molecule has 5 nitrogen and oxygen atoms in total. The molecule has 1 aromatic heterocycles. The lowest BCUT2D eigenvalue weighted by Crippen LogP contribution is -2.21. The molecule has 0 bridgehead atoms. The average Bonchev–Trinajstić information content (AvgIpc) is 2.52. The zero-order valence-electron chi connectivity index (χ0n) is 7.60. The number of hydrogen-bond acceptors (Lipinski definition) is 3. The fourth-order valence-electron chi connectivity index (χ4n) is 0.827. The molecule has 13 heavy (non-hydrogen) atoms. The van der Waals surface area contributed by atoms with E-state index in [0.717, 1.165) is 0 Å². The van der Waals surface area contributed by atoms with E-state index < -0.39 is 4.92 Å². The van der Waals surface area contributed by atoms with Gasteiger partial charge in [-0.15, -0.1) is 6.58 Å². The van der Waals surface area contributed by atoms with Gasteiger partial charge in [-0.2, -0.15) is 0 Å². The van der Waals surface area contributed by atoms with Crippen LogP contribution < -0.4 is 0 Å². The molecule has 5 heteroatoms. The minimum atomic E-state index is -0.518. The van der Waals surface area contributed by atoms with Crippen LogP contribution in [0.3, 0.4) is 0 Å². The van der Waals surface area contributed by atoms with Gasteiger partial charge in [-0.3, -0.25) is 0 Å². The zero-order chi connectivity index (χ0) is 10.1. The van der Waals surface area contributed by atoms with E-state index in [2.05, 4.69) is 11.6 Å². The molecule has 70 valence electrons. The SMILES string of the molecule is C=CC(C)(C)n1cnc([N+](=O)[O-])c1. The van der Waals surface area contributed by atoms with Crippen LogP contribution in [0.2, 0.25) is 0 Å². The number of imidazole rings is 1. The summed E-state index contributed by atoms with van der Waals surface area (Å²) in [6, 6.07) is 0. The molecule has 0 N–H and O–H groups in total. The van der Waals surface area contributed by atoms with E-state index in [0.29, 0.717) is 0 Å². The molecule has 0 aliphatic carbocycles. The standard InChI is InChI=1S/C8H11N3O2/c1-4-8(2,3)10-5-7(9-6-10)11(12)13/h4-6H,1H2,2-3H3. The summed E-state index contributed by atoms with van der Waals surface area (Å²) >= 11 is 0. The highest BCUT2D eigenvalue weighted by Gasteiger charge is 2.20. The highest BCUT2D eigenvalue weighted by molar-refractivity contribution is 5.15. The number of nitro groups is 1. The normalized spacial score (nSPS) is 11.2. The number of aromatic nitrogens is 2. The van der Waals surface area contributed by atoms with Crippen molar-refractivity contribution in [3.05, 3.63) is 35.3 Å². The first-order valence-corrected chi connectivity index (χ1v) is 3.80. The van der Waals surface area contributed by atoms with Crippen LogP contribution in [0.25, 0.3) is 0 Å². The Kier molecular flexibility index (Phi) is 2.18. The van der Waals surface area contributed by atoms with Gasteiger partial charge in [0, 0.05) is 0 Å². The third kappa shape index (κ3) is 1.74. The molecule has 0 unspecified atom stereocenters. The number of hydrogen-bond donors (Lipinski definition) is 0. The van der Waals surface area contributed by atoms with Crippen LogP contribution in [0.4, 0.5) is 5.82 Å². The maximum absolute atomic E-state index is 10.3. The fraction of sp³-hybridized carbons (Fsp3) is 0.375. The van der Waals surface area contributed by atoms with Crippen molar-refractivity contribution in [3.8, 4) is 0 Å². The van der Waals surface area contributed by atoms with Crippen molar-refractivity contribution in [1.82, 2.24) is 9.55 Å². The lowest BCUT2D eigenvalue weighted by molar-refractivity contribution is -0.389. The summed E-state index contributed by atoms with van der Waals surface area (Å²) < 4.78 is 1.65. The maximum Gasteiger partial charge on any atom is 0.381 e. The Labute approximate surface area is 75.9 Å². The van der Waals surface area contributed by atoms with Crippen LogP contribution in [0, 0.1) is 10.1 Å². The summed E-state index contributed by atoms with van der Waals surface area (Å²) in [5.74, 6) is -0.144. The predicted octanol–water partition coefficient (Wildman–Crippen LogP) is 1.71. The third-order valence-corrected chi connectivity index (χ3v) is 1.92. The summed E-state index contributed by atoms with van der Waals surface area (Å²) in [4.78, 5) is 13.5. The number of nitrogens with zero attached hydrogens (tertiary/aromatic N) is 3. The van der Waals surface area contributed by atoms with Gasteiger partial charge in [-0.05, 0) is 23.8 Å². The van der Waals surface area contributed by atoms with E-state index >= 15 is 0 Å². The molecule has 0 fully saturated rings. The monoisotopic (exact) mass is 181 g/mol. The molecule has 0 aromatic carbocycles. The minimum Gasteiger partial charge on any atom is -0.358 e. The van der Waals surface area contributed by atoms with Gasteiger partial charge >= 0.3 is 5.82 Å². The molecular formula is C8H11N3O2. The largest absolute Gasteiger partial charge is 0.381 e. The van der Waals surface area contributed by atoms with E-state index in [9.17, 15) is 10.1 Å². The van der Waals surface area contributed by atoms with Crippen LogP contribution in [0.1, 0.15) is 13.8 Å². The predicted molar refractivity (Wildman–Crippen MR) is 48.4 cm³/mol. The van der Waals surface area contributed by atoms with Crippen molar-refractivity contribution in [1.29, 1.82) is 0 Å². The molecule has 0 aliphatic rings. The van der Waals surface area contributed by atoms with Crippen LogP contribution in [-0.4, -0.2) is 14.5 Å². The Balaban J connectivity index is 3.05. The van der Waals surface area contributed by atoms with Gasteiger partial charge in [0.25, 0.3) is 0 Å². The van der Waals surface area contributed by atoms with Crippen molar-refractivity contribution in [2.24, 2.45) is 0 Å². The molecule has 0 aliphatic heterocycles. The van der Waals surface area contributed by atoms with Gasteiger partial charge in [-0.1, -0.05) is 6.08 Å². The highest BCUT2D eigenvalue weighted by Crippen LogP contribution is 2.18. The van der Waals surface area contributed by atoms with Gasteiger partial charge < -0.3 is 14.7 Å². The van der Waals surface area contributed by atoms with Gasteiger partial charge in [-0.25, -0.2) is 0 Å². The molecule has 0 radical (unpaired) electrons. The molecule has 1 heterocycles. The number of rotatable bonds is 3. The van der Waals surface area contributed by atoms with E-state index in [-0.39, 0.29) is 11.4 Å². The first kappa shape index (κ1) is 9.44. The van der Waals surface area contributed by atoms with Gasteiger partial charge in [0.1, 0.15) is 6.20 Å². The lowest BCUT2D eigenvalue weighted by atomic mass is 10.1. The van der Waals surface area contributed by atoms with Crippen LogP contribution in [0.15, 0.2) is 25.2 Å². The zero-order valence-corrected chi connectivity index (χ0v) is 7.60. The molecule has 1 rings (SSSR count). The summed E-state index contributed by atoms with van der Waals surface area (Å²) in [5.41, 5.74) is -0.346. The van der Waals surface area contributed by atoms with E-state index in [1.807, 2.05) is 13.8 Å². The Bertz CT molecular complexity index is 341. The summed E-state index contributed by atoms with van der Waals surface area (Å²) in [6.45, 7) is 7.43. The van der Waals surface area contributed by atoms with Crippen molar-refractivity contribution in [2.45, 2.75) is 19.4 Å². The second-order valence-corrected chi connectivity index (χ2v) is 3.25. The second kappa shape index (κ2) is 3.01. The Morgan fingerprint density at radius 1 is 1.77 bits per heavy atom. The van der Waals surface area contributed by atoms with Crippen molar-refractivity contribution >= 4 is 5.82 Å². The van der Waals surface area contributed by atoms with Gasteiger partial charge in [0.2, 0.25) is 6.33 Å². The topological polar surface area (TPSA) is 61.0 Å². The lowest BCUT2D eigenvalue weighted by Gasteiger charge is -2.19. The van der Waals surface area contributed by atoms with E-state index in [1.54, 1.807) is 10.6 Å². The van der Waals surface area contributed by atoms with E-state index in [1.165, 1.54) is 12.5 Å². The highest BCUT2D eigenvalue weighted by atomic mass is 16.6. The van der Waals surface area contributed by atoms with E-state index in [4.69, 9.17) is 0 Å². The average molecular weight is 181 g/mol. The van der Waals surface area contributed by atoms with Gasteiger partial charge in [0.15, 0.2) is 0 Å². The fourth-order valence-corrected chi connectivity index (χ4v) is 0.827. The molecule has 0 atom stereocenters. The van der Waals surface area contributed by atoms with Crippen molar-refractivity contribution in [2.75, 3.05) is 0 Å². The summed E-state index contributed by atoms with van der Waals surface area (Å²) in [5, 5.41) is 10.3. The first-order chi connectivity index (χ1) is 5.97. The minimum absolute atomic E-state index is 0.144. The summed E-state index contributed by atoms with van der Waals surface area (Å²) in [6.07, 6.45) is 4.53. The first-order valence-electron chi connectivity index (χ1n) is 3.80. The van der Waals surface area contributed by atoms with Crippen LogP contribution >= 0.6 is 0 Å². The summed E-state index contributed by atoms with van der Waals surface area (Å²) in [7, 11) is 0. The van der Waals surface area contributed by atoms with Gasteiger partial charge in [0.05, 0.1) is 5.54 Å². The quantitative estimate of drug-likeness (QED) is 0.405.